The normalized spacial score (nSPS) is 24.2. The van der Waals surface area contributed by atoms with Crippen molar-refractivity contribution in [2.24, 2.45) is 17.8 Å². The SMILES string of the molecule is CCC(NC(=O)NCC1CCC(C(=O)O)CC1)C(C)C. The monoisotopic (exact) mass is 284 g/mol. The zero-order valence-electron chi connectivity index (χ0n) is 12.8. The lowest BCUT2D eigenvalue weighted by Crippen LogP contribution is -2.45. The van der Waals surface area contributed by atoms with E-state index in [4.69, 9.17) is 5.11 Å². The van der Waals surface area contributed by atoms with Crippen molar-refractivity contribution in [2.45, 2.75) is 58.9 Å². The van der Waals surface area contributed by atoms with Crippen LogP contribution >= 0.6 is 0 Å². The first kappa shape index (κ1) is 16.8. The molecule has 5 nitrogen and oxygen atoms in total. The van der Waals surface area contributed by atoms with Crippen molar-refractivity contribution >= 4 is 12.0 Å². The van der Waals surface area contributed by atoms with Gasteiger partial charge in [0.25, 0.3) is 0 Å². The molecule has 1 fully saturated rings. The standard InChI is InChI=1S/C15H28N2O3/c1-4-13(10(2)3)17-15(20)16-9-11-5-7-12(8-6-11)14(18)19/h10-13H,4-9H2,1-3H3,(H,18,19)(H2,16,17,20). The van der Waals surface area contributed by atoms with Crippen molar-refractivity contribution in [3.63, 3.8) is 0 Å². The van der Waals surface area contributed by atoms with Crippen LogP contribution in [0, 0.1) is 17.8 Å². The number of urea groups is 1. The summed E-state index contributed by atoms with van der Waals surface area (Å²) < 4.78 is 0. The summed E-state index contributed by atoms with van der Waals surface area (Å²) in [6, 6.07) is 0.101. The quantitative estimate of drug-likeness (QED) is 0.701. The second-order valence-corrected chi connectivity index (χ2v) is 6.17. The predicted octanol–water partition coefficient (Wildman–Crippen LogP) is 2.61. The molecule has 0 aliphatic heterocycles. The average molecular weight is 284 g/mol. The second kappa shape index (κ2) is 8.12. The summed E-state index contributed by atoms with van der Waals surface area (Å²) in [4.78, 5) is 22.7. The van der Waals surface area contributed by atoms with E-state index in [-0.39, 0.29) is 18.0 Å². The van der Waals surface area contributed by atoms with Gasteiger partial charge in [0.2, 0.25) is 0 Å². The van der Waals surface area contributed by atoms with Gasteiger partial charge in [0, 0.05) is 12.6 Å². The van der Waals surface area contributed by atoms with E-state index in [2.05, 4.69) is 31.4 Å². The van der Waals surface area contributed by atoms with Crippen LogP contribution in [-0.2, 0) is 4.79 Å². The maximum atomic E-state index is 11.8. The molecule has 0 spiro atoms. The third-order valence-corrected chi connectivity index (χ3v) is 4.31. The number of carbonyl (C=O) groups is 2. The van der Waals surface area contributed by atoms with Gasteiger partial charge in [-0.2, -0.15) is 0 Å². The number of amides is 2. The van der Waals surface area contributed by atoms with E-state index >= 15 is 0 Å². The molecule has 1 unspecified atom stereocenters. The van der Waals surface area contributed by atoms with Crippen LogP contribution in [0.2, 0.25) is 0 Å². The van der Waals surface area contributed by atoms with Crippen molar-refractivity contribution in [1.82, 2.24) is 10.6 Å². The van der Waals surface area contributed by atoms with Crippen LogP contribution in [-0.4, -0.2) is 29.7 Å². The third kappa shape index (κ3) is 5.39. The van der Waals surface area contributed by atoms with Gasteiger partial charge >= 0.3 is 12.0 Å². The van der Waals surface area contributed by atoms with E-state index in [1.54, 1.807) is 0 Å². The molecule has 3 N–H and O–H groups in total. The third-order valence-electron chi connectivity index (χ3n) is 4.31. The highest BCUT2D eigenvalue weighted by molar-refractivity contribution is 5.74. The van der Waals surface area contributed by atoms with Crippen LogP contribution in [0.25, 0.3) is 0 Å². The molecule has 0 bridgehead atoms. The Morgan fingerprint density at radius 1 is 1.20 bits per heavy atom. The zero-order chi connectivity index (χ0) is 15.1. The van der Waals surface area contributed by atoms with E-state index in [0.717, 1.165) is 32.1 Å². The second-order valence-electron chi connectivity index (χ2n) is 6.17. The number of rotatable bonds is 6. The fourth-order valence-electron chi connectivity index (χ4n) is 2.81. The van der Waals surface area contributed by atoms with Gasteiger partial charge in [-0.05, 0) is 43.9 Å². The summed E-state index contributed by atoms with van der Waals surface area (Å²) in [6.07, 6.45) is 4.16. The molecule has 0 saturated heterocycles. The van der Waals surface area contributed by atoms with Crippen molar-refractivity contribution in [1.29, 1.82) is 0 Å². The zero-order valence-corrected chi connectivity index (χ0v) is 12.8. The molecule has 0 aromatic heterocycles. The topological polar surface area (TPSA) is 78.4 Å². The Kier molecular flexibility index (Phi) is 6.82. The van der Waals surface area contributed by atoms with Crippen molar-refractivity contribution in [2.75, 3.05) is 6.54 Å². The Labute approximate surface area is 121 Å². The highest BCUT2D eigenvalue weighted by Gasteiger charge is 2.26. The number of carbonyl (C=O) groups excluding carboxylic acids is 1. The van der Waals surface area contributed by atoms with Gasteiger partial charge in [0.05, 0.1) is 5.92 Å². The molecule has 0 aromatic rings. The number of hydrogen-bond donors (Lipinski definition) is 3. The molecule has 1 saturated carbocycles. The number of carboxylic acid groups (broad SMARTS) is 1. The van der Waals surface area contributed by atoms with Crippen LogP contribution in [0.15, 0.2) is 0 Å². The van der Waals surface area contributed by atoms with Gasteiger partial charge in [0.1, 0.15) is 0 Å². The molecular weight excluding hydrogens is 256 g/mol. The predicted molar refractivity (Wildman–Crippen MR) is 78.5 cm³/mol. The molecule has 0 heterocycles. The van der Waals surface area contributed by atoms with E-state index in [0.29, 0.717) is 18.4 Å². The minimum absolute atomic E-state index is 0.106. The van der Waals surface area contributed by atoms with Gasteiger partial charge in [-0.15, -0.1) is 0 Å². The Bertz CT molecular complexity index is 323. The number of hydrogen-bond acceptors (Lipinski definition) is 2. The van der Waals surface area contributed by atoms with Gasteiger partial charge in [0.15, 0.2) is 0 Å². The minimum atomic E-state index is -0.683. The van der Waals surface area contributed by atoms with E-state index in [1.807, 2.05) is 0 Å². The first-order chi connectivity index (χ1) is 9.43. The number of nitrogens with one attached hydrogen (secondary N) is 2. The maximum Gasteiger partial charge on any atom is 0.315 e. The molecule has 116 valence electrons. The van der Waals surface area contributed by atoms with Gasteiger partial charge in [-0.3, -0.25) is 4.79 Å². The summed E-state index contributed by atoms with van der Waals surface area (Å²) in [7, 11) is 0. The first-order valence-corrected chi connectivity index (χ1v) is 7.71. The summed E-state index contributed by atoms with van der Waals surface area (Å²) in [5, 5.41) is 14.8. The highest BCUT2D eigenvalue weighted by atomic mass is 16.4. The maximum absolute atomic E-state index is 11.8. The lowest BCUT2D eigenvalue weighted by molar-refractivity contribution is -0.143. The van der Waals surface area contributed by atoms with E-state index < -0.39 is 5.97 Å². The largest absolute Gasteiger partial charge is 0.481 e. The van der Waals surface area contributed by atoms with Crippen LogP contribution in [0.1, 0.15) is 52.9 Å². The van der Waals surface area contributed by atoms with Crippen LogP contribution in [0.5, 0.6) is 0 Å². The van der Waals surface area contributed by atoms with Gasteiger partial charge < -0.3 is 15.7 Å². The van der Waals surface area contributed by atoms with Crippen molar-refractivity contribution in [3.05, 3.63) is 0 Å². The van der Waals surface area contributed by atoms with Crippen LogP contribution < -0.4 is 10.6 Å². The van der Waals surface area contributed by atoms with E-state index in [1.165, 1.54) is 0 Å². The lowest BCUT2D eigenvalue weighted by atomic mass is 9.82. The van der Waals surface area contributed by atoms with Crippen LogP contribution in [0.3, 0.4) is 0 Å². The Morgan fingerprint density at radius 3 is 2.25 bits per heavy atom. The Hall–Kier alpha value is -1.26. The molecule has 1 rings (SSSR count). The summed E-state index contributed by atoms with van der Waals surface area (Å²) in [5.41, 5.74) is 0. The summed E-state index contributed by atoms with van der Waals surface area (Å²) in [5.74, 6) is -0.0328. The average Bonchev–Trinajstić information content (AvgIpc) is 2.42. The number of aliphatic carboxylic acids is 1. The lowest BCUT2D eigenvalue weighted by Gasteiger charge is -2.27. The molecule has 5 heteroatoms. The van der Waals surface area contributed by atoms with Gasteiger partial charge in [-0.1, -0.05) is 20.8 Å². The van der Waals surface area contributed by atoms with Crippen molar-refractivity contribution < 1.29 is 14.7 Å². The molecular formula is C15H28N2O3. The van der Waals surface area contributed by atoms with E-state index in [9.17, 15) is 9.59 Å². The highest BCUT2D eigenvalue weighted by Crippen LogP contribution is 2.28. The molecule has 1 atom stereocenters. The fraction of sp³-hybridized carbons (Fsp3) is 0.867. The number of carboxylic acids is 1. The summed E-state index contributed by atoms with van der Waals surface area (Å²) in [6.45, 7) is 6.91. The van der Waals surface area contributed by atoms with Crippen LogP contribution in [0.4, 0.5) is 4.79 Å². The molecule has 2 amide bonds. The first-order valence-electron chi connectivity index (χ1n) is 7.71. The van der Waals surface area contributed by atoms with Crippen molar-refractivity contribution in [3.8, 4) is 0 Å². The Balaban J connectivity index is 2.24. The molecule has 1 aliphatic rings. The Morgan fingerprint density at radius 2 is 1.80 bits per heavy atom. The smallest absolute Gasteiger partial charge is 0.315 e. The molecule has 0 radical (unpaired) electrons. The minimum Gasteiger partial charge on any atom is -0.481 e. The molecule has 1 aliphatic carbocycles. The molecule has 20 heavy (non-hydrogen) atoms. The summed E-state index contributed by atoms with van der Waals surface area (Å²) >= 11 is 0. The molecule has 0 aromatic carbocycles. The fourth-order valence-corrected chi connectivity index (χ4v) is 2.81. The van der Waals surface area contributed by atoms with Gasteiger partial charge in [-0.25, -0.2) is 4.79 Å².